The first kappa shape index (κ1) is 25.8. The van der Waals surface area contributed by atoms with Gasteiger partial charge in [-0.1, -0.05) is 89.3 Å². The fourth-order valence-electron chi connectivity index (χ4n) is 3.60. The summed E-state index contributed by atoms with van der Waals surface area (Å²) in [4.78, 5) is 32.1. The Hall–Kier alpha value is -3.24. The van der Waals surface area contributed by atoms with E-state index in [1.807, 2.05) is 48.5 Å². The molecule has 1 heterocycles. The largest absolute Gasteiger partial charge is 0.497 e. The number of carbonyl (C=O) groups excluding carboxylic acids is 2. The summed E-state index contributed by atoms with van der Waals surface area (Å²) in [5, 5.41) is 6.34. The zero-order valence-electron chi connectivity index (χ0n) is 20.0. The molecule has 1 atom stereocenters. The van der Waals surface area contributed by atoms with E-state index in [2.05, 4.69) is 45.4 Å². The average Bonchev–Trinajstić information content (AvgIpc) is 3.31. The molecule has 4 rings (SSSR count). The Labute approximate surface area is 228 Å². The topological polar surface area (TPSA) is 80.3 Å². The van der Waals surface area contributed by atoms with Crippen LogP contribution in [0.15, 0.2) is 84.9 Å². The first-order chi connectivity index (χ1) is 17.4. The zero-order chi connectivity index (χ0) is 25.5. The monoisotopic (exact) mass is 611 g/mol. The summed E-state index contributed by atoms with van der Waals surface area (Å²) in [7, 11) is 1.54. The molecule has 6 nitrogen and oxygen atoms in total. The SMILES string of the molecule is COc1cccc(C(=O)NC(C)(CI)C(=O)Nc2nc(-c3ccccc3)c(Cc3ccccc3)s2)c1. The van der Waals surface area contributed by atoms with Gasteiger partial charge in [0.05, 0.1) is 12.8 Å². The van der Waals surface area contributed by atoms with Gasteiger partial charge in [-0.05, 0) is 30.7 Å². The van der Waals surface area contributed by atoms with Gasteiger partial charge in [0.2, 0.25) is 0 Å². The number of thiazole rings is 1. The lowest BCUT2D eigenvalue weighted by atomic mass is 10.0. The number of methoxy groups -OCH3 is 1. The van der Waals surface area contributed by atoms with E-state index in [0.717, 1.165) is 16.1 Å². The number of benzene rings is 3. The molecule has 0 aliphatic heterocycles. The minimum atomic E-state index is -1.14. The highest BCUT2D eigenvalue weighted by molar-refractivity contribution is 14.1. The van der Waals surface area contributed by atoms with Crippen LogP contribution in [0.25, 0.3) is 11.3 Å². The van der Waals surface area contributed by atoms with E-state index in [-0.39, 0.29) is 11.8 Å². The van der Waals surface area contributed by atoms with E-state index < -0.39 is 5.54 Å². The minimum absolute atomic E-state index is 0.326. The zero-order valence-corrected chi connectivity index (χ0v) is 22.9. The molecule has 0 saturated carbocycles. The number of halogens is 1. The Morgan fingerprint density at radius 3 is 2.36 bits per heavy atom. The van der Waals surface area contributed by atoms with Gasteiger partial charge < -0.3 is 10.1 Å². The summed E-state index contributed by atoms with van der Waals surface area (Å²) < 4.78 is 5.59. The van der Waals surface area contributed by atoms with Gasteiger partial charge in [0, 0.05) is 26.9 Å². The van der Waals surface area contributed by atoms with Gasteiger partial charge in [-0.2, -0.15) is 0 Å². The second-order valence-corrected chi connectivity index (χ2v) is 10.3. The van der Waals surface area contributed by atoms with Crippen LogP contribution < -0.4 is 15.4 Å². The molecule has 0 bridgehead atoms. The van der Waals surface area contributed by atoms with Crippen molar-refractivity contribution < 1.29 is 14.3 Å². The summed E-state index contributed by atoms with van der Waals surface area (Å²) in [5.74, 6) is -0.102. The number of carbonyl (C=O) groups is 2. The van der Waals surface area contributed by atoms with Crippen molar-refractivity contribution in [2.24, 2.45) is 0 Å². The molecule has 1 unspecified atom stereocenters. The smallest absolute Gasteiger partial charge is 0.252 e. The fourth-order valence-corrected chi connectivity index (χ4v) is 5.15. The number of hydrogen-bond acceptors (Lipinski definition) is 5. The fraction of sp³-hybridized carbons (Fsp3) is 0.179. The van der Waals surface area contributed by atoms with Gasteiger partial charge in [-0.15, -0.1) is 11.3 Å². The molecule has 0 saturated heterocycles. The second kappa shape index (κ2) is 11.7. The maximum Gasteiger partial charge on any atom is 0.252 e. The summed E-state index contributed by atoms with van der Waals surface area (Å²) in [5.41, 5.74) is 2.28. The van der Waals surface area contributed by atoms with Crippen LogP contribution in [0.3, 0.4) is 0 Å². The third-order valence-electron chi connectivity index (χ3n) is 5.66. The molecule has 0 fully saturated rings. The molecule has 0 aliphatic carbocycles. The van der Waals surface area contributed by atoms with E-state index in [1.165, 1.54) is 16.9 Å². The summed E-state index contributed by atoms with van der Waals surface area (Å²) in [6.45, 7) is 1.71. The van der Waals surface area contributed by atoms with Crippen LogP contribution in [0.2, 0.25) is 0 Å². The molecular weight excluding hydrogens is 585 g/mol. The number of rotatable bonds is 9. The van der Waals surface area contributed by atoms with Crippen molar-refractivity contribution in [1.29, 1.82) is 0 Å². The van der Waals surface area contributed by atoms with E-state index in [0.29, 0.717) is 27.3 Å². The van der Waals surface area contributed by atoms with E-state index in [1.54, 1.807) is 38.3 Å². The van der Waals surface area contributed by atoms with Crippen molar-refractivity contribution in [2.75, 3.05) is 16.9 Å². The molecule has 0 radical (unpaired) electrons. The van der Waals surface area contributed by atoms with Crippen molar-refractivity contribution in [2.45, 2.75) is 18.9 Å². The first-order valence-electron chi connectivity index (χ1n) is 11.3. The van der Waals surface area contributed by atoms with Crippen LogP contribution in [0.5, 0.6) is 5.75 Å². The summed E-state index contributed by atoms with van der Waals surface area (Å²) >= 11 is 3.56. The highest BCUT2D eigenvalue weighted by Gasteiger charge is 2.35. The van der Waals surface area contributed by atoms with Crippen LogP contribution >= 0.6 is 33.9 Å². The van der Waals surface area contributed by atoms with E-state index in [4.69, 9.17) is 9.72 Å². The van der Waals surface area contributed by atoms with Crippen LogP contribution in [0, 0.1) is 0 Å². The number of aromatic nitrogens is 1. The Balaban J connectivity index is 1.57. The van der Waals surface area contributed by atoms with Gasteiger partial charge in [0.25, 0.3) is 11.8 Å². The van der Waals surface area contributed by atoms with E-state index in [9.17, 15) is 9.59 Å². The maximum absolute atomic E-state index is 13.4. The average molecular weight is 612 g/mol. The third kappa shape index (κ3) is 6.11. The van der Waals surface area contributed by atoms with Gasteiger partial charge >= 0.3 is 0 Å². The normalized spacial score (nSPS) is 12.4. The molecule has 2 amide bonds. The number of anilines is 1. The highest BCUT2D eigenvalue weighted by Crippen LogP contribution is 2.33. The van der Waals surface area contributed by atoms with E-state index >= 15 is 0 Å². The van der Waals surface area contributed by atoms with Gasteiger partial charge in [-0.3, -0.25) is 14.9 Å². The Kier molecular flexibility index (Phi) is 8.37. The maximum atomic E-state index is 13.4. The van der Waals surface area contributed by atoms with Gasteiger partial charge in [-0.25, -0.2) is 4.98 Å². The Morgan fingerprint density at radius 2 is 1.69 bits per heavy atom. The quantitative estimate of drug-likeness (QED) is 0.181. The van der Waals surface area contributed by atoms with Crippen molar-refractivity contribution in [3.05, 3.63) is 101 Å². The molecule has 2 N–H and O–H groups in total. The van der Waals surface area contributed by atoms with Crippen LogP contribution in [-0.2, 0) is 11.2 Å². The van der Waals surface area contributed by atoms with Gasteiger partial charge in [0.15, 0.2) is 5.13 Å². The number of amides is 2. The molecule has 4 aromatic rings. The van der Waals surface area contributed by atoms with Crippen molar-refractivity contribution in [3.63, 3.8) is 0 Å². The standard InChI is InChI=1S/C28H26IN3O3S/c1-28(18-29,32-25(33)21-14-9-15-22(17-21)35-2)26(34)31-27-30-24(20-12-7-4-8-13-20)23(36-27)16-19-10-5-3-6-11-19/h3-15,17H,16,18H2,1-2H3,(H,32,33)(H,30,31,34). The molecule has 36 heavy (non-hydrogen) atoms. The lowest BCUT2D eigenvalue weighted by Gasteiger charge is -2.27. The predicted molar refractivity (Wildman–Crippen MR) is 153 cm³/mol. The van der Waals surface area contributed by atoms with Crippen LogP contribution in [0.1, 0.15) is 27.7 Å². The highest BCUT2D eigenvalue weighted by atomic mass is 127. The lowest BCUT2D eigenvalue weighted by Crippen LogP contribution is -2.56. The predicted octanol–water partition coefficient (Wildman–Crippen LogP) is 5.97. The summed E-state index contributed by atoms with van der Waals surface area (Å²) in [6.07, 6.45) is 0.703. The second-order valence-electron chi connectivity index (χ2n) is 8.43. The Bertz CT molecular complexity index is 1340. The molecule has 184 valence electrons. The number of nitrogens with zero attached hydrogens (tertiary/aromatic N) is 1. The molecule has 3 aromatic carbocycles. The van der Waals surface area contributed by atoms with Gasteiger partial charge in [0.1, 0.15) is 11.3 Å². The van der Waals surface area contributed by atoms with Crippen LogP contribution in [0.4, 0.5) is 5.13 Å². The van der Waals surface area contributed by atoms with Crippen molar-refractivity contribution in [3.8, 4) is 17.0 Å². The number of ether oxygens (including phenoxy) is 1. The molecule has 8 heteroatoms. The molecule has 0 aliphatic rings. The molecular formula is C28H26IN3O3S. The number of nitrogens with one attached hydrogen (secondary N) is 2. The van der Waals surface area contributed by atoms with Crippen molar-refractivity contribution >= 4 is 50.9 Å². The van der Waals surface area contributed by atoms with Crippen molar-refractivity contribution in [1.82, 2.24) is 10.3 Å². The first-order valence-corrected chi connectivity index (χ1v) is 13.7. The molecule has 0 spiro atoms. The summed E-state index contributed by atoms with van der Waals surface area (Å²) in [6, 6.07) is 26.9. The lowest BCUT2D eigenvalue weighted by molar-refractivity contribution is -0.120. The number of hydrogen-bond donors (Lipinski definition) is 2. The van der Waals surface area contributed by atoms with Crippen LogP contribution in [-0.4, -0.2) is 33.9 Å². The number of alkyl halides is 1. The third-order valence-corrected chi connectivity index (χ3v) is 8.16. The molecule has 1 aromatic heterocycles. The minimum Gasteiger partial charge on any atom is -0.497 e. The Morgan fingerprint density at radius 1 is 1.00 bits per heavy atom.